The Labute approximate surface area is 201 Å². The molecular formula is C27H34N6O. The molecule has 4 heterocycles. The molecule has 7 heteroatoms. The van der Waals surface area contributed by atoms with E-state index >= 15 is 0 Å². The second-order valence-corrected chi connectivity index (χ2v) is 9.83. The van der Waals surface area contributed by atoms with E-state index in [1.54, 1.807) is 0 Å². The lowest BCUT2D eigenvalue weighted by atomic mass is 10.1. The van der Waals surface area contributed by atoms with Crippen molar-refractivity contribution in [3.63, 3.8) is 0 Å². The molecule has 2 aliphatic heterocycles. The van der Waals surface area contributed by atoms with E-state index in [0.717, 1.165) is 77.3 Å². The minimum absolute atomic E-state index is 0.305. The van der Waals surface area contributed by atoms with Crippen LogP contribution in [0.25, 0.3) is 16.6 Å². The lowest BCUT2D eigenvalue weighted by molar-refractivity contribution is -0.132. The number of piperazine rings is 2. The van der Waals surface area contributed by atoms with E-state index < -0.39 is 0 Å². The van der Waals surface area contributed by atoms with Crippen molar-refractivity contribution in [3.8, 4) is 11.1 Å². The Morgan fingerprint density at radius 2 is 1.59 bits per heavy atom. The summed E-state index contributed by atoms with van der Waals surface area (Å²) in [4.78, 5) is 21.9. The Kier molecular flexibility index (Phi) is 5.65. The van der Waals surface area contributed by atoms with Crippen LogP contribution in [0.4, 0.5) is 11.4 Å². The van der Waals surface area contributed by atoms with Crippen molar-refractivity contribution >= 4 is 22.8 Å². The zero-order chi connectivity index (χ0) is 23.1. The number of amides is 1. The summed E-state index contributed by atoms with van der Waals surface area (Å²) in [6.07, 6.45) is 6.16. The van der Waals surface area contributed by atoms with Crippen LogP contribution in [0.3, 0.4) is 0 Å². The zero-order valence-corrected chi connectivity index (χ0v) is 20.1. The maximum Gasteiger partial charge on any atom is 0.225 e. The van der Waals surface area contributed by atoms with Crippen LogP contribution in [-0.2, 0) is 4.79 Å². The highest BCUT2D eigenvalue weighted by Crippen LogP contribution is 2.33. The number of likely N-dealkylation sites (N-methyl/N-ethyl adjacent to an activating group) is 1. The molecule has 0 atom stereocenters. The van der Waals surface area contributed by atoms with Crippen molar-refractivity contribution < 1.29 is 4.79 Å². The van der Waals surface area contributed by atoms with Crippen molar-refractivity contribution in [2.24, 2.45) is 5.92 Å². The molecule has 3 aromatic rings. The number of rotatable bonds is 5. The summed E-state index contributed by atoms with van der Waals surface area (Å²) in [6, 6.07) is 13.3. The third kappa shape index (κ3) is 4.13. The van der Waals surface area contributed by atoms with Gasteiger partial charge < -0.3 is 19.6 Å². The minimum Gasteiger partial charge on any atom is -0.369 e. The van der Waals surface area contributed by atoms with Gasteiger partial charge in [-0.25, -0.2) is 4.52 Å². The highest BCUT2D eigenvalue weighted by Gasteiger charge is 2.34. The summed E-state index contributed by atoms with van der Waals surface area (Å²) in [5.74, 6) is 0.667. The normalized spacial score (nSPS) is 19.7. The van der Waals surface area contributed by atoms with Crippen LogP contribution in [0.5, 0.6) is 0 Å². The van der Waals surface area contributed by atoms with E-state index in [1.807, 2.05) is 10.7 Å². The predicted octanol–water partition coefficient (Wildman–Crippen LogP) is 3.20. The summed E-state index contributed by atoms with van der Waals surface area (Å²) in [7, 11) is 0. The van der Waals surface area contributed by atoms with Crippen LogP contribution in [0.1, 0.15) is 19.8 Å². The lowest BCUT2D eigenvalue weighted by Crippen LogP contribution is -2.49. The highest BCUT2D eigenvalue weighted by molar-refractivity contribution is 5.82. The van der Waals surface area contributed by atoms with E-state index in [2.05, 4.69) is 74.2 Å². The number of fused-ring (bicyclic) bond motifs is 1. The van der Waals surface area contributed by atoms with E-state index in [0.29, 0.717) is 11.8 Å². The van der Waals surface area contributed by atoms with Gasteiger partial charge in [0.1, 0.15) is 0 Å². The van der Waals surface area contributed by atoms with Crippen LogP contribution in [-0.4, -0.2) is 84.2 Å². The van der Waals surface area contributed by atoms with Gasteiger partial charge in [0.15, 0.2) is 0 Å². The van der Waals surface area contributed by atoms with Gasteiger partial charge in [0.2, 0.25) is 5.91 Å². The summed E-state index contributed by atoms with van der Waals surface area (Å²) in [5, 5.41) is 4.58. The first-order valence-electron chi connectivity index (χ1n) is 12.8. The van der Waals surface area contributed by atoms with Gasteiger partial charge in [-0.1, -0.05) is 19.1 Å². The minimum atomic E-state index is 0.305. The molecule has 1 aromatic carbocycles. The molecule has 3 fully saturated rings. The fourth-order valence-electron chi connectivity index (χ4n) is 5.37. The number of hydrogen-bond acceptors (Lipinski definition) is 5. The van der Waals surface area contributed by atoms with Crippen molar-refractivity contribution in [1.82, 2.24) is 19.4 Å². The first-order chi connectivity index (χ1) is 16.7. The Morgan fingerprint density at radius 3 is 2.26 bits per heavy atom. The molecule has 7 nitrogen and oxygen atoms in total. The molecule has 0 spiro atoms. The quantitative estimate of drug-likeness (QED) is 0.588. The maximum atomic E-state index is 12.4. The van der Waals surface area contributed by atoms with Gasteiger partial charge in [0.25, 0.3) is 0 Å². The zero-order valence-electron chi connectivity index (χ0n) is 20.1. The van der Waals surface area contributed by atoms with Gasteiger partial charge in [-0.05, 0) is 49.2 Å². The van der Waals surface area contributed by atoms with E-state index in [9.17, 15) is 4.79 Å². The molecule has 2 saturated heterocycles. The average molecular weight is 459 g/mol. The fraction of sp³-hybridized carbons (Fsp3) is 0.481. The summed E-state index contributed by atoms with van der Waals surface area (Å²) in [5.41, 5.74) is 6.03. The molecule has 3 aliphatic rings. The number of nitrogens with zero attached hydrogens (tertiary/aromatic N) is 6. The molecule has 0 radical (unpaired) electrons. The molecule has 178 valence electrons. The van der Waals surface area contributed by atoms with Gasteiger partial charge in [-0.15, -0.1) is 0 Å². The SMILES string of the molecule is CCN1CCN(c2ccc(-c3cc4c(N5CCN(C(=O)C6CC6)CC5)ccnn4c3)cc2)CC1. The van der Waals surface area contributed by atoms with Gasteiger partial charge in [-0.2, -0.15) is 5.10 Å². The molecule has 0 N–H and O–H groups in total. The molecule has 1 aliphatic carbocycles. The summed E-state index contributed by atoms with van der Waals surface area (Å²) in [6.45, 7) is 11.2. The third-order valence-electron chi connectivity index (χ3n) is 7.73. The number of anilines is 2. The van der Waals surface area contributed by atoms with Gasteiger partial charge >= 0.3 is 0 Å². The molecule has 0 unspecified atom stereocenters. The van der Waals surface area contributed by atoms with E-state index in [4.69, 9.17) is 0 Å². The number of carbonyl (C=O) groups is 1. The van der Waals surface area contributed by atoms with Gasteiger partial charge in [0, 0.05) is 81.9 Å². The first-order valence-corrected chi connectivity index (χ1v) is 12.8. The Bertz CT molecular complexity index is 1150. The number of hydrogen-bond donors (Lipinski definition) is 0. The average Bonchev–Trinajstić information content (AvgIpc) is 3.66. The molecule has 0 bridgehead atoms. The standard InChI is InChI=1S/C27H34N6O/c1-2-29-11-13-30(14-12-29)24-7-5-21(6-8-24)23-19-26-25(9-10-28-33(26)20-23)31-15-17-32(18-16-31)27(34)22-3-4-22/h5-10,19-20,22H,2-4,11-18H2,1H3. The monoisotopic (exact) mass is 458 g/mol. The van der Waals surface area contributed by atoms with Crippen molar-refractivity contribution in [2.75, 3.05) is 68.7 Å². The Hall–Kier alpha value is -3.06. The largest absolute Gasteiger partial charge is 0.369 e. The van der Waals surface area contributed by atoms with Crippen LogP contribution >= 0.6 is 0 Å². The van der Waals surface area contributed by atoms with Crippen molar-refractivity contribution in [3.05, 3.63) is 48.8 Å². The van der Waals surface area contributed by atoms with Crippen LogP contribution in [0.15, 0.2) is 48.8 Å². The highest BCUT2D eigenvalue weighted by atomic mass is 16.2. The van der Waals surface area contributed by atoms with Gasteiger partial charge in [-0.3, -0.25) is 4.79 Å². The predicted molar refractivity (Wildman–Crippen MR) is 136 cm³/mol. The number of carbonyl (C=O) groups excluding carboxylic acids is 1. The number of aromatic nitrogens is 2. The number of benzene rings is 1. The molecule has 6 rings (SSSR count). The molecule has 1 amide bonds. The fourth-order valence-corrected chi connectivity index (χ4v) is 5.37. The van der Waals surface area contributed by atoms with Crippen molar-refractivity contribution in [1.29, 1.82) is 0 Å². The third-order valence-corrected chi connectivity index (χ3v) is 7.73. The molecule has 34 heavy (non-hydrogen) atoms. The molecule has 2 aromatic heterocycles. The molecule has 1 saturated carbocycles. The Balaban J connectivity index is 1.18. The summed E-state index contributed by atoms with van der Waals surface area (Å²) < 4.78 is 1.99. The van der Waals surface area contributed by atoms with E-state index in [-0.39, 0.29) is 0 Å². The Morgan fingerprint density at radius 1 is 0.882 bits per heavy atom. The van der Waals surface area contributed by atoms with Crippen LogP contribution in [0.2, 0.25) is 0 Å². The van der Waals surface area contributed by atoms with Crippen LogP contribution in [0, 0.1) is 5.92 Å². The smallest absolute Gasteiger partial charge is 0.225 e. The van der Waals surface area contributed by atoms with E-state index in [1.165, 1.54) is 22.5 Å². The second-order valence-electron chi connectivity index (χ2n) is 9.83. The second kappa shape index (κ2) is 8.95. The molecular weight excluding hydrogens is 424 g/mol. The topological polar surface area (TPSA) is 47.3 Å². The lowest BCUT2D eigenvalue weighted by Gasteiger charge is -2.36. The summed E-state index contributed by atoms with van der Waals surface area (Å²) >= 11 is 0. The first kappa shape index (κ1) is 21.5. The van der Waals surface area contributed by atoms with Crippen molar-refractivity contribution in [2.45, 2.75) is 19.8 Å². The van der Waals surface area contributed by atoms with Gasteiger partial charge in [0.05, 0.1) is 11.2 Å². The van der Waals surface area contributed by atoms with Crippen LogP contribution < -0.4 is 9.80 Å². The maximum absolute atomic E-state index is 12.4.